The minimum absolute atomic E-state index is 0.292. The Balaban J connectivity index is 2.31. The highest BCUT2D eigenvalue weighted by atomic mass is 16.7. The van der Waals surface area contributed by atoms with E-state index in [2.05, 4.69) is 12.1 Å². The molecule has 4 atom stereocenters. The first-order valence-corrected chi connectivity index (χ1v) is 6.72. The summed E-state index contributed by atoms with van der Waals surface area (Å²) in [6, 6.07) is 6.13. The first-order valence-electron chi connectivity index (χ1n) is 6.72. The van der Waals surface area contributed by atoms with Crippen molar-refractivity contribution in [3.8, 4) is 18.2 Å². The Labute approximate surface area is 117 Å². The second-order valence-corrected chi connectivity index (χ2v) is 5.75. The third-order valence-electron chi connectivity index (χ3n) is 5.09. The van der Waals surface area contributed by atoms with Gasteiger partial charge in [0.25, 0.3) is 0 Å². The van der Waals surface area contributed by atoms with Crippen molar-refractivity contribution in [2.24, 2.45) is 16.7 Å². The fourth-order valence-electron chi connectivity index (χ4n) is 4.13. The van der Waals surface area contributed by atoms with Crippen molar-refractivity contribution in [1.82, 2.24) is 0 Å². The van der Waals surface area contributed by atoms with E-state index in [0.717, 1.165) is 12.8 Å². The summed E-state index contributed by atoms with van der Waals surface area (Å²) in [6.45, 7) is 1.65. The first-order chi connectivity index (χ1) is 9.53. The topological polar surface area (TPSA) is 114 Å². The molecule has 1 saturated carbocycles. The van der Waals surface area contributed by atoms with Crippen LogP contribution in [0.3, 0.4) is 0 Å². The second kappa shape index (κ2) is 3.72. The van der Waals surface area contributed by atoms with Gasteiger partial charge in [0.05, 0.1) is 30.2 Å². The van der Waals surface area contributed by atoms with Crippen LogP contribution in [-0.2, 0) is 9.47 Å². The molecule has 4 aliphatic rings. The van der Waals surface area contributed by atoms with Gasteiger partial charge < -0.3 is 9.47 Å². The summed E-state index contributed by atoms with van der Waals surface area (Å²) in [5.41, 5.74) is -3.21. The number of nitriles is 3. The smallest absolute Gasteiger partial charge is 0.217 e. The molecule has 1 N–H and O–H groups in total. The van der Waals surface area contributed by atoms with Crippen molar-refractivity contribution in [2.45, 2.75) is 44.5 Å². The van der Waals surface area contributed by atoms with Crippen molar-refractivity contribution in [2.75, 3.05) is 0 Å². The van der Waals surface area contributed by atoms with Gasteiger partial charge in [0.1, 0.15) is 0 Å². The number of nitrogens with zero attached hydrogens (tertiary/aromatic N) is 3. The number of hydrogen-bond donors (Lipinski definition) is 1. The van der Waals surface area contributed by atoms with Gasteiger partial charge >= 0.3 is 0 Å². The summed E-state index contributed by atoms with van der Waals surface area (Å²) < 4.78 is 11.5. The quantitative estimate of drug-likeness (QED) is 0.721. The van der Waals surface area contributed by atoms with Crippen LogP contribution in [0.2, 0.25) is 0 Å². The van der Waals surface area contributed by atoms with Crippen molar-refractivity contribution in [3.05, 3.63) is 0 Å². The molecule has 0 aromatic heterocycles. The van der Waals surface area contributed by atoms with Gasteiger partial charge in [-0.1, -0.05) is 6.42 Å². The Kier molecular flexibility index (Phi) is 2.40. The van der Waals surface area contributed by atoms with E-state index in [9.17, 15) is 15.8 Å². The molecule has 20 heavy (non-hydrogen) atoms. The van der Waals surface area contributed by atoms with E-state index in [1.165, 1.54) is 0 Å². The lowest BCUT2D eigenvalue weighted by molar-refractivity contribution is -0.353. The summed E-state index contributed by atoms with van der Waals surface area (Å²) in [5, 5.41) is 37.1. The van der Waals surface area contributed by atoms with Crippen molar-refractivity contribution in [3.63, 3.8) is 0 Å². The Hall–Kier alpha value is -2.10. The molecule has 6 nitrogen and oxygen atoms in total. The number of fused-ring (bicyclic) bond motifs is 2. The van der Waals surface area contributed by atoms with Gasteiger partial charge in [-0.15, -0.1) is 0 Å². The average molecular weight is 270 g/mol. The number of rotatable bonds is 0. The molecule has 4 rings (SSSR count). The van der Waals surface area contributed by atoms with E-state index in [4.69, 9.17) is 14.9 Å². The predicted molar refractivity (Wildman–Crippen MR) is 65.8 cm³/mol. The maximum atomic E-state index is 9.70. The predicted octanol–water partition coefficient (Wildman–Crippen LogP) is 1.84. The van der Waals surface area contributed by atoms with Crippen LogP contribution in [-0.4, -0.2) is 17.8 Å². The SMILES string of the molecule is C[C@@H]1O[C@@]23CCCC[C@H]2C(C#N)(C#N)[C@@]1(C#N)C(=N)O3. The molecular formula is C14H14N4O2. The zero-order chi connectivity index (χ0) is 14.6. The lowest BCUT2D eigenvalue weighted by atomic mass is 9.49. The lowest BCUT2D eigenvalue weighted by Gasteiger charge is -2.63. The molecule has 3 heterocycles. The summed E-state index contributed by atoms with van der Waals surface area (Å²) >= 11 is 0. The molecule has 0 amide bonds. The molecule has 1 aliphatic carbocycles. The van der Waals surface area contributed by atoms with Crippen LogP contribution >= 0.6 is 0 Å². The largest absolute Gasteiger partial charge is 0.447 e. The van der Waals surface area contributed by atoms with Crippen LogP contribution in [0, 0.1) is 56.2 Å². The van der Waals surface area contributed by atoms with E-state index >= 15 is 0 Å². The monoisotopic (exact) mass is 270 g/mol. The van der Waals surface area contributed by atoms with E-state index in [-0.39, 0.29) is 5.90 Å². The maximum Gasteiger partial charge on any atom is 0.217 e. The fraction of sp³-hybridized carbons (Fsp3) is 0.714. The molecule has 3 saturated heterocycles. The van der Waals surface area contributed by atoms with Crippen molar-refractivity contribution in [1.29, 1.82) is 21.2 Å². The highest BCUT2D eigenvalue weighted by Crippen LogP contribution is 2.65. The number of hydrogen-bond acceptors (Lipinski definition) is 6. The van der Waals surface area contributed by atoms with Crippen LogP contribution in [0.5, 0.6) is 0 Å². The van der Waals surface area contributed by atoms with Gasteiger partial charge in [-0.2, -0.15) is 15.8 Å². The minimum Gasteiger partial charge on any atom is -0.447 e. The first kappa shape index (κ1) is 12.9. The number of ether oxygens (including phenoxy) is 2. The minimum atomic E-state index is -1.64. The van der Waals surface area contributed by atoms with Gasteiger partial charge in [0.2, 0.25) is 11.7 Å². The zero-order valence-electron chi connectivity index (χ0n) is 11.1. The Bertz CT molecular complexity index is 596. The molecule has 102 valence electrons. The van der Waals surface area contributed by atoms with Gasteiger partial charge in [0.15, 0.2) is 10.8 Å². The standard InChI is InChI=1S/C14H14N4O2/c1-9-13(8-17)11(18)20-14(19-9)5-3-2-4-10(14)12(13,6-15)7-16/h9-10,18H,2-5H2,1H3/t9-,10-,13+,14+/m0/s1. The van der Waals surface area contributed by atoms with Crippen LogP contribution in [0.25, 0.3) is 0 Å². The van der Waals surface area contributed by atoms with Gasteiger partial charge in [-0.3, -0.25) is 5.41 Å². The second-order valence-electron chi connectivity index (χ2n) is 5.75. The average Bonchev–Trinajstić information content (AvgIpc) is 2.45. The highest BCUT2D eigenvalue weighted by Gasteiger charge is 2.79. The molecular weight excluding hydrogens is 256 g/mol. The van der Waals surface area contributed by atoms with Crippen LogP contribution in [0.4, 0.5) is 0 Å². The molecule has 3 aliphatic heterocycles. The molecule has 1 spiro atoms. The molecule has 0 aromatic carbocycles. The summed E-state index contributed by atoms with van der Waals surface area (Å²) in [7, 11) is 0. The summed E-state index contributed by atoms with van der Waals surface area (Å²) in [6.07, 6.45) is 2.18. The lowest BCUT2D eigenvalue weighted by Crippen LogP contribution is -2.75. The molecule has 0 radical (unpaired) electrons. The van der Waals surface area contributed by atoms with E-state index in [1.807, 2.05) is 6.07 Å². The van der Waals surface area contributed by atoms with Gasteiger partial charge in [-0.25, -0.2) is 0 Å². The van der Waals surface area contributed by atoms with Crippen LogP contribution in [0.15, 0.2) is 0 Å². The Morgan fingerprint density at radius 2 is 1.90 bits per heavy atom. The van der Waals surface area contributed by atoms with E-state index in [0.29, 0.717) is 12.8 Å². The molecule has 0 unspecified atom stereocenters. The molecule has 0 aromatic rings. The Morgan fingerprint density at radius 3 is 2.45 bits per heavy atom. The molecule has 2 bridgehead atoms. The van der Waals surface area contributed by atoms with Crippen LogP contribution < -0.4 is 0 Å². The molecule has 4 fully saturated rings. The maximum absolute atomic E-state index is 9.70. The zero-order valence-corrected chi connectivity index (χ0v) is 11.1. The normalized spacial score (nSPS) is 44.4. The number of nitrogens with one attached hydrogen (secondary N) is 1. The fourth-order valence-corrected chi connectivity index (χ4v) is 4.13. The summed E-state index contributed by atoms with van der Waals surface area (Å²) in [4.78, 5) is 0. The van der Waals surface area contributed by atoms with Gasteiger partial charge in [0, 0.05) is 6.42 Å². The van der Waals surface area contributed by atoms with Crippen molar-refractivity contribution < 1.29 is 9.47 Å². The van der Waals surface area contributed by atoms with E-state index < -0.39 is 28.6 Å². The third kappa shape index (κ3) is 1.05. The third-order valence-corrected chi connectivity index (χ3v) is 5.09. The highest BCUT2D eigenvalue weighted by molar-refractivity contribution is 5.88. The van der Waals surface area contributed by atoms with Gasteiger partial charge in [-0.05, 0) is 19.8 Å². The summed E-state index contributed by atoms with van der Waals surface area (Å²) in [5.74, 6) is -1.86. The van der Waals surface area contributed by atoms with Crippen molar-refractivity contribution >= 4 is 5.90 Å². The van der Waals surface area contributed by atoms with E-state index in [1.54, 1.807) is 6.92 Å². The Morgan fingerprint density at radius 1 is 1.20 bits per heavy atom. The molecule has 6 heteroatoms. The van der Waals surface area contributed by atoms with Crippen LogP contribution in [0.1, 0.15) is 32.6 Å².